The minimum absolute atomic E-state index is 0.163. The molecule has 6 rings (SSSR count). The second-order valence-electron chi connectivity index (χ2n) is 9.75. The predicted octanol–water partition coefficient (Wildman–Crippen LogP) is 4.86. The molecule has 0 bridgehead atoms. The number of H-pyrrole nitrogens is 1. The van der Waals surface area contributed by atoms with Crippen LogP contribution in [0.2, 0.25) is 0 Å². The van der Waals surface area contributed by atoms with Crippen LogP contribution in [-0.4, -0.2) is 31.7 Å². The van der Waals surface area contributed by atoms with E-state index >= 15 is 0 Å². The Labute approximate surface area is 213 Å². The molecule has 0 amide bonds. The summed E-state index contributed by atoms with van der Waals surface area (Å²) in [4.78, 5) is 19.0. The number of halogens is 1. The van der Waals surface area contributed by atoms with Gasteiger partial charge >= 0.3 is 0 Å². The summed E-state index contributed by atoms with van der Waals surface area (Å²) in [5.41, 5.74) is 6.60. The molecule has 8 heteroatoms. The fourth-order valence-corrected chi connectivity index (χ4v) is 5.47. The van der Waals surface area contributed by atoms with Gasteiger partial charge in [-0.25, -0.2) is 9.07 Å². The highest BCUT2D eigenvalue weighted by atomic mass is 19.1. The number of para-hydroxylation sites is 1. The number of aromatic nitrogens is 5. The molecule has 3 heterocycles. The number of anilines is 1. The first kappa shape index (κ1) is 23.1. The summed E-state index contributed by atoms with van der Waals surface area (Å²) >= 11 is 0. The first-order chi connectivity index (χ1) is 18.0. The maximum Gasteiger partial charge on any atom is 0.254 e. The normalized spacial score (nSPS) is 14.1. The zero-order chi connectivity index (χ0) is 25.5. The van der Waals surface area contributed by atoms with Gasteiger partial charge in [0.05, 0.1) is 12.1 Å². The highest BCUT2D eigenvalue weighted by Crippen LogP contribution is 2.37. The van der Waals surface area contributed by atoms with Gasteiger partial charge < -0.3 is 9.88 Å². The molecule has 0 radical (unpaired) electrons. The highest BCUT2D eigenvalue weighted by molar-refractivity contribution is 5.83. The van der Waals surface area contributed by atoms with Crippen LogP contribution >= 0.6 is 0 Å². The van der Waals surface area contributed by atoms with Gasteiger partial charge in [0.15, 0.2) is 5.82 Å². The molecule has 0 aliphatic carbocycles. The van der Waals surface area contributed by atoms with Crippen LogP contribution in [0.3, 0.4) is 0 Å². The number of nitrogens with one attached hydrogen (secondary N) is 1. The van der Waals surface area contributed by atoms with E-state index in [0.717, 1.165) is 52.7 Å². The van der Waals surface area contributed by atoms with Crippen molar-refractivity contribution in [2.75, 3.05) is 11.4 Å². The van der Waals surface area contributed by atoms with Gasteiger partial charge in [-0.05, 0) is 89.5 Å². The van der Waals surface area contributed by atoms with E-state index < -0.39 is 6.04 Å². The number of fused-ring (bicyclic) bond motifs is 2. The molecule has 186 valence electrons. The lowest BCUT2D eigenvalue weighted by Gasteiger charge is -2.37. The molecule has 0 saturated heterocycles. The zero-order valence-corrected chi connectivity index (χ0v) is 20.8. The first-order valence-electron chi connectivity index (χ1n) is 12.5. The van der Waals surface area contributed by atoms with Crippen LogP contribution in [0.5, 0.6) is 0 Å². The van der Waals surface area contributed by atoms with Gasteiger partial charge in [-0.15, -0.1) is 5.10 Å². The van der Waals surface area contributed by atoms with Crippen molar-refractivity contribution < 1.29 is 4.39 Å². The van der Waals surface area contributed by atoms with Crippen LogP contribution in [0, 0.1) is 19.7 Å². The molecule has 0 fully saturated rings. The molecule has 1 N–H and O–H groups in total. The molecule has 1 atom stereocenters. The van der Waals surface area contributed by atoms with Gasteiger partial charge in [0, 0.05) is 17.8 Å². The molecule has 0 spiro atoms. The third-order valence-electron chi connectivity index (χ3n) is 7.12. The third kappa shape index (κ3) is 4.28. The average molecular weight is 495 g/mol. The maximum absolute atomic E-state index is 13.7. The fraction of sp³-hybridized carbons (Fsp3) is 0.241. The Balaban J connectivity index is 1.54. The number of tetrazole rings is 1. The summed E-state index contributed by atoms with van der Waals surface area (Å²) in [5, 5.41) is 13.7. The van der Waals surface area contributed by atoms with E-state index in [2.05, 4.69) is 56.6 Å². The molecule has 7 nitrogen and oxygen atoms in total. The van der Waals surface area contributed by atoms with Crippen molar-refractivity contribution >= 4 is 16.6 Å². The number of benzene rings is 3. The Bertz CT molecular complexity index is 1660. The minimum Gasteiger partial charge on any atom is -0.357 e. The molecule has 37 heavy (non-hydrogen) atoms. The molecule has 2 aromatic heterocycles. The van der Waals surface area contributed by atoms with E-state index in [-0.39, 0.29) is 11.4 Å². The lowest BCUT2D eigenvalue weighted by atomic mass is 9.95. The smallest absolute Gasteiger partial charge is 0.254 e. The monoisotopic (exact) mass is 494 g/mol. The SMILES string of the molecule is Cc1cc(C)c2[nH]c(=O)c(C(c3nnnn3Cc3ccc(F)cc3)N3CCCc4ccccc43)cc2c1. The van der Waals surface area contributed by atoms with E-state index in [1.807, 2.05) is 25.1 Å². The van der Waals surface area contributed by atoms with Crippen molar-refractivity contribution in [1.82, 2.24) is 25.2 Å². The van der Waals surface area contributed by atoms with E-state index in [4.69, 9.17) is 0 Å². The summed E-state index contributed by atoms with van der Waals surface area (Å²) in [7, 11) is 0. The lowest BCUT2D eigenvalue weighted by Crippen LogP contribution is -2.38. The molecule has 0 saturated carbocycles. The largest absolute Gasteiger partial charge is 0.357 e. The predicted molar refractivity (Wildman–Crippen MR) is 141 cm³/mol. The minimum atomic E-state index is -0.508. The number of aryl methyl sites for hydroxylation is 3. The van der Waals surface area contributed by atoms with Crippen LogP contribution in [0.4, 0.5) is 10.1 Å². The number of pyridine rings is 1. The molecule has 1 unspecified atom stereocenters. The molecular formula is C29H27FN6O. The quantitative estimate of drug-likeness (QED) is 0.377. The van der Waals surface area contributed by atoms with Gasteiger partial charge in [-0.1, -0.05) is 42.0 Å². The van der Waals surface area contributed by atoms with E-state index in [1.165, 1.54) is 17.7 Å². The van der Waals surface area contributed by atoms with Crippen LogP contribution in [0.1, 0.15) is 46.1 Å². The molecule has 3 aromatic carbocycles. The van der Waals surface area contributed by atoms with Gasteiger partial charge in [0.25, 0.3) is 5.56 Å². The number of hydrogen-bond donors (Lipinski definition) is 1. The second-order valence-corrected chi connectivity index (χ2v) is 9.75. The van der Waals surface area contributed by atoms with Crippen molar-refractivity contribution in [1.29, 1.82) is 0 Å². The Morgan fingerprint density at radius 3 is 2.70 bits per heavy atom. The fourth-order valence-electron chi connectivity index (χ4n) is 5.47. The number of hydrogen-bond acceptors (Lipinski definition) is 5. The van der Waals surface area contributed by atoms with Crippen molar-refractivity contribution in [2.24, 2.45) is 0 Å². The van der Waals surface area contributed by atoms with Gasteiger partial charge in [0.2, 0.25) is 0 Å². The average Bonchev–Trinajstić information content (AvgIpc) is 3.34. The first-order valence-corrected chi connectivity index (χ1v) is 12.5. The number of aromatic amines is 1. The van der Waals surface area contributed by atoms with Crippen LogP contribution in [-0.2, 0) is 13.0 Å². The van der Waals surface area contributed by atoms with E-state index in [0.29, 0.717) is 17.9 Å². The Morgan fingerprint density at radius 2 is 1.86 bits per heavy atom. The van der Waals surface area contributed by atoms with Crippen molar-refractivity contribution in [3.05, 3.63) is 117 Å². The second kappa shape index (κ2) is 9.28. The summed E-state index contributed by atoms with van der Waals surface area (Å²) in [6, 6.07) is 20.2. The van der Waals surface area contributed by atoms with Crippen LogP contribution in [0.15, 0.2) is 71.5 Å². The van der Waals surface area contributed by atoms with Crippen LogP contribution < -0.4 is 10.5 Å². The Hall–Kier alpha value is -4.33. The Morgan fingerprint density at radius 1 is 1.05 bits per heavy atom. The highest BCUT2D eigenvalue weighted by Gasteiger charge is 2.33. The van der Waals surface area contributed by atoms with Crippen molar-refractivity contribution in [2.45, 2.75) is 39.3 Å². The van der Waals surface area contributed by atoms with Gasteiger partial charge in [-0.3, -0.25) is 4.79 Å². The summed E-state index contributed by atoms with van der Waals surface area (Å²) in [5.74, 6) is 0.270. The molecule has 1 aliphatic heterocycles. The molecular weight excluding hydrogens is 467 g/mol. The van der Waals surface area contributed by atoms with Crippen LogP contribution in [0.25, 0.3) is 10.9 Å². The summed E-state index contributed by atoms with van der Waals surface area (Å²) in [6.07, 6.45) is 1.93. The molecule has 1 aliphatic rings. The van der Waals surface area contributed by atoms with E-state index in [9.17, 15) is 9.18 Å². The zero-order valence-electron chi connectivity index (χ0n) is 20.8. The molecule has 5 aromatic rings. The number of nitrogens with zero attached hydrogens (tertiary/aromatic N) is 5. The van der Waals surface area contributed by atoms with E-state index in [1.54, 1.807) is 16.8 Å². The summed E-state index contributed by atoms with van der Waals surface area (Å²) < 4.78 is 15.2. The number of rotatable bonds is 5. The lowest BCUT2D eigenvalue weighted by molar-refractivity contribution is 0.554. The third-order valence-corrected chi connectivity index (χ3v) is 7.12. The van der Waals surface area contributed by atoms with Gasteiger partial charge in [-0.2, -0.15) is 0 Å². The van der Waals surface area contributed by atoms with Gasteiger partial charge in [0.1, 0.15) is 11.9 Å². The summed E-state index contributed by atoms with van der Waals surface area (Å²) in [6.45, 7) is 5.18. The van der Waals surface area contributed by atoms with Crippen molar-refractivity contribution in [3.63, 3.8) is 0 Å². The Kier molecular flexibility index (Phi) is 5.79. The standard InChI is InChI=1S/C29H27FN6O/c1-18-14-19(2)26-22(15-18)16-24(29(37)31-26)27(35-13-5-7-21-6-3-4-8-25(21)35)28-32-33-34-36(28)17-20-9-11-23(30)12-10-20/h3-4,6,8-12,14-16,27H,5,7,13,17H2,1-2H3,(H,31,37). The topological polar surface area (TPSA) is 79.7 Å². The maximum atomic E-state index is 13.7. The van der Waals surface area contributed by atoms with Crippen molar-refractivity contribution in [3.8, 4) is 0 Å².